The van der Waals surface area contributed by atoms with E-state index in [9.17, 15) is 12.8 Å². The summed E-state index contributed by atoms with van der Waals surface area (Å²) in [6, 6.07) is 15.9. The number of pyridine rings is 1. The molecule has 1 unspecified atom stereocenters. The smallest absolute Gasteiger partial charge is 0.264 e. The van der Waals surface area contributed by atoms with Crippen molar-refractivity contribution in [3.63, 3.8) is 0 Å². The fourth-order valence-corrected chi connectivity index (χ4v) is 6.44. The van der Waals surface area contributed by atoms with E-state index in [2.05, 4.69) is 37.3 Å². The highest BCUT2D eigenvalue weighted by Gasteiger charge is 2.37. The second-order valence-electron chi connectivity index (χ2n) is 9.64. The lowest BCUT2D eigenvalue weighted by molar-refractivity contribution is 0.109. The molecule has 3 aromatic heterocycles. The third kappa shape index (κ3) is 4.82. The molecule has 10 nitrogen and oxygen atoms in total. The first-order chi connectivity index (χ1) is 18.8. The summed E-state index contributed by atoms with van der Waals surface area (Å²) in [5, 5.41) is 13.4. The molecule has 0 aliphatic carbocycles. The Morgan fingerprint density at radius 2 is 1.85 bits per heavy atom. The number of aromatic nitrogens is 6. The van der Waals surface area contributed by atoms with Gasteiger partial charge < -0.3 is 0 Å². The van der Waals surface area contributed by atoms with Crippen LogP contribution in [0.2, 0.25) is 0 Å². The summed E-state index contributed by atoms with van der Waals surface area (Å²) in [6.45, 7) is 3.70. The van der Waals surface area contributed by atoms with Crippen molar-refractivity contribution in [1.82, 2.24) is 39.0 Å². The molecule has 1 saturated heterocycles. The van der Waals surface area contributed by atoms with Crippen molar-refractivity contribution in [3.8, 4) is 5.69 Å². The largest absolute Gasteiger partial charge is 0.288 e. The molecular formula is C27H27FN8O2S. The third-order valence-corrected chi connectivity index (χ3v) is 8.84. The van der Waals surface area contributed by atoms with Gasteiger partial charge in [0.1, 0.15) is 5.82 Å². The van der Waals surface area contributed by atoms with Gasteiger partial charge in [0.05, 0.1) is 29.3 Å². The first-order valence-corrected chi connectivity index (χ1v) is 14.0. The van der Waals surface area contributed by atoms with Gasteiger partial charge in [0.25, 0.3) is 10.0 Å². The maximum absolute atomic E-state index is 13.5. The lowest BCUT2D eigenvalue weighted by Crippen LogP contribution is -2.50. The number of benzene rings is 2. The van der Waals surface area contributed by atoms with Crippen LogP contribution in [0.15, 0.2) is 78.2 Å². The molecule has 0 N–H and O–H groups in total. The van der Waals surface area contributed by atoms with E-state index < -0.39 is 10.0 Å². The zero-order chi connectivity index (χ0) is 27.1. The van der Waals surface area contributed by atoms with Crippen LogP contribution in [0.3, 0.4) is 0 Å². The van der Waals surface area contributed by atoms with Gasteiger partial charge in [-0.2, -0.15) is 19.3 Å². The van der Waals surface area contributed by atoms with Gasteiger partial charge in [0, 0.05) is 50.9 Å². The van der Waals surface area contributed by atoms with Gasteiger partial charge in [0.2, 0.25) is 5.03 Å². The summed E-state index contributed by atoms with van der Waals surface area (Å²) in [6.07, 6.45) is 4.83. The summed E-state index contributed by atoms with van der Waals surface area (Å²) in [4.78, 5) is 8.02. The van der Waals surface area contributed by atoms with E-state index in [1.807, 2.05) is 25.1 Å². The van der Waals surface area contributed by atoms with Gasteiger partial charge in [-0.15, -0.1) is 5.10 Å². The number of rotatable bonds is 6. The van der Waals surface area contributed by atoms with Crippen LogP contribution in [0.5, 0.6) is 0 Å². The Morgan fingerprint density at radius 1 is 1.03 bits per heavy atom. The Kier molecular flexibility index (Phi) is 6.45. The van der Waals surface area contributed by atoms with Crippen LogP contribution in [0.1, 0.15) is 22.9 Å². The molecule has 0 radical (unpaired) electrons. The maximum atomic E-state index is 13.5. The number of fused-ring (bicyclic) bond motifs is 1. The lowest BCUT2D eigenvalue weighted by atomic mass is 9.96. The molecule has 0 amide bonds. The first kappa shape index (κ1) is 25.3. The van der Waals surface area contributed by atoms with Gasteiger partial charge >= 0.3 is 0 Å². The standard InChI is InChI=1S/C27H27FN8O2S/c1-19-13-25-20(15-31-36(25)23-8-6-21(28)7-9-23)14-24(19)26-18-35(39(37,38)27-16-30-33(2)32-27)12-11-34(26)17-22-5-3-4-10-29-22/h3-10,13-16,26H,11-12,17-18H2,1-2H3. The number of piperazine rings is 1. The lowest BCUT2D eigenvalue weighted by Gasteiger charge is -2.41. The van der Waals surface area contributed by atoms with Crippen LogP contribution in [-0.2, 0) is 23.6 Å². The summed E-state index contributed by atoms with van der Waals surface area (Å²) in [5.74, 6) is -0.306. The highest BCUT2D eigenvalue weighted by molar-refractivity contribution is 7.89. The monoisotopic (exact) mass is 546 g/mol. The highest BCUT2D eigenvalue weighted by atomic mass is 32.2. The Balaban J connectivity index is 1.39. The third-order valence-electron chi connectivity index (χ3n) is 7.11. The molecule has 39 heavy (non-hydrogen) atoms. The van der Waals surface area contributed by atoms with Crippen molar-refractivity contribution in [2.45, 2.75) is 24.5 Å². The highest BCUT2D eigenvalue weighted by Crippen LogP contribution is 2.34. The zero-order valence-corrected chi connectivity index (χ0v) is 22.3. The molecule has 4 heterocycles. The van der Waals surface area contributed by atoms with Crippen molar-refractivity contribution in [3.05, 3.63) is 95.8 Å². The topological polar surface area (TPSA) is 102 Å². The van der Waals surface area contributed by atoms with Crippen molar-refractivity contribution >= 4 is 20.9 Å². The van der Waals surface area contributed by atoms with Crippen LogP contribution >= 0.6 is 0 Å². The molecule has 6 rings (SSSR count). The molecule has 2 aromatic carbocycles. The predicted molar refractivity (Wildman–Crippen MR) is 143 cm³/mol. The maximum Gasteiger partial charge on any atom is 0.264 e. The van der Waals surface area contributed by atoms with E-state index in [4.69, 9.17) is 0 Å². The molecule has 200 valence electrons. The van der Waals surface area contributed by atoms with E-state index in [0.717, 1.165) is 33.4 Å². The van der Waals surface area contributed by atoms with Crippen molar-refractivity contribution in [1.29, 1.82) is 0 Å². The molecule has 1 aliphatic heterocycles. The van der Waals surface area contributed by atoms with Crippen molar-refractivity contribution < 1.29 is 12.8 Å². The summed E-state index contributed by atoms with van der Waals surface area (Å²) in [7, 11) is -2.23. The Labute approximate surface area is 225 Å². The summed E-state index contributed by atoms with van der Waals surface area (Å²) < 4.78 is 43.7. The minimum atomic E-state index is -3.82. The van der Waals surface area contributed by atoms with E-state index in [0.29, 0.717) is 19.6 Å². The Morgan fingerprint density at radius 3 is 2.56 bits per heavy atom. The van der Waals surface area contributed by atoms with E-state index >= 15 is 0 Å². The minimum Gasteiger partial charge on any atom is -0.288 e. The van der Waals surface area contributed by atoms with Crippen LogP contribution in [0, 0.1) is 12.7 Å². The van der Waals surface area contributed by atoms with Crippen LogP contribution in [0.25, 0.3) is 16.6 Å². The quantitative estimate of drug-likeness (QED) is 0.322. The molecule has 12 heteroatoms. The second kappa shape index (κ2) is 9.95. The molecule has 1 aliphatic rings. The number of hydrogen-bond donors (Lipinski definition) is 0. The molecule has 1 atom stereocenters. The number of sulfonamides is 1. The van der Waals surface area contributed by atoms with Crippen LogP contribution < -0.4 is 0 Å². The number of nitrogens with zero attached hydrogens (tertiary/aromatic N) is 8. The fraction of sp³-hybridized carbons (Fsp3) is 0.259. The molecular weight excluding hydrogens is 519 g/mol. The van der Waals surface area contributed by atoms with E-state index in [-0.39, 0.29) is 23.4 Å². The molecule has 1 fully saturated rings. The SMILES string of the molecule is Cc1cc2c(cnn2-c2ccc(F)cc2)cc1C1CN(S(=O)(=O)c2cnn(C)n2)CCN1Cc1ccccn1. The number of aryl methyl sites for hydroxylation is 2. The molecule has 0 spiro atoms. The molecule has 0 saturated carbocycles. The van der Waals surface area contributed by atoms with Gasteiger partial charge in [-0.25, -0.2) is 17.5 Å². The minimum absolute atomic E-state index is 0.0605. The van der Waals surface area contributed by atoms with Crippen LogP contribution in [0.4, 0.5) is 4.39 Å². The van der Waals surface area contributed by atoms with Gasteiger partial charge in [0.15, 0.2) is 0 Å². The van der Waals surface area contributed by atoms with E-state index in [1.54, 1.807) is 36.3 Å². The van der Waals surface area contributed by atoms with E-state index in [1.165, 1.54) is 27.4 Å². The average Bonchev–Trinajstić information content (AvgIpc) is 3.56. The number of hydrogen-bond acceptors (Lipinski definition) is 7. The Bertz CT molecular complexity index is 1740. The Hall–Kier alpha value is -4.00. The first-order valence-electron chi connectivity index (χ1n) is 12.5. The molecule has 0 bridgehead atoms. The van der Waals surface area contributed by atoms with Gasteiger partial charge in [-0.05, 0) is 66.6 Å². The van der Waals surface area contributed by atoms with Gasteiger partial charge in [-0.3, -0.25) is 9.88 Å². The fourth-order valence-electron chi connectivity index (χ4n) is 5.12. The van der Waals surface area contributed by atoms with Crippen molar-refractivity contribution in [2.24, 2.45) is 7.05 Å². The second-order valence-corrected chi connectivity index (χ2v) is 11.5. The van der Waals surface area contributed by atoms with Gasteiger partial charge in [-0.1, -0.05) is 6.07 Å². The predicted octanol–water partition coefficient (Wildman–Crippen LogP) is 3.24. The summed E-state index contributed by atoms with van der Waals surface area (Å²) >= 11 is 0. The zero-order valence-electron chi connectivity index (χ0n) is 21.5. The van der Waals surface area contributed by atoms with Crippen LogP contribution in [-0.4, -0.2) is 67.0 Å². The molecule has 5 aromatic rings. The number of halogens is 1. The summed E-state index contributed by atoms with van der Waals surface area (Å²) in [5.41, 5.74) is 4.57. The van der Waals surface area contributed by atoms with Crippen molar-refractivity contribution in [2.75, 3.05) is 19.6 Å². The average molecular weight is 547 g/mol. The normalized spacial score (nSPS) is 17.2.